The second kappa shape index (κ2) is 3.12. The Kier molecular flexibility index (Phi) is 2.06. The molecule has 1 atom stereocenters. The van der Waals surface area contributed by atoms with Crippen molar-refractivity contribution in [1.82, 2.24) is 4.90 Å². The van der Waals surface area contributed by atoms with Gasteiger partial charge in [0.05, 0.1) is 0 Å². The minimum atomic E-state index is -0.926. The molecule has 1 aliphatic carbocycles. The topological polar surface area (TPSA) is 57.6 Å². The van der Waals surface area contributed by atoms with Crippen LogP contribution in [0.2, 0.25) is 0 Å². The summed E-state index contributed by atoms with van der Waals surface area (Å²) in [6, 6.07) is -0.719. The van der Waals surface area contributed by atoms with Crippen LogP contribution in [0.15, 0.2) is 11.6 Å². The summed E-state index contributed by atoms with van der Waals surface area (Å²) < 4.78 is 0. The Hall–Kier alpha value is -1.32. The van der Waals surface area contributed by atoms with Crippen LogP contribution in [-0.2, 0) is 9.59 Å². The van der Waals surface area contributed by atoms with Crippen LogP contribution in [0.4, 0.5) is 0 Å². The maximum Gasteiger partial charge on any atom is 0.330 e. The van der Waals surface area contributed by atoms with Gasteiger partial charge in [-0.1, -0.05) is 6.08 Å². The number of hydrogen-bond donors (Lipinski definition) is 1. The van der Waals surface area contributed by atoms with Crippen LogP contribution in [0.1, 0.15) is 19.8 Å². The van der Waals surface area contributed by atoms with Crippen LogP contribution in [0.25, 0.3) is 0 Å². The molecule has 0 aromatic heterocycles. The van der Waals surface area contributed by atoms with Gasteiger partial charge in [-0.3, -0.25) is 4.79 Å². The fourth-order valence-electron chi connectivity index (χ4n) is 1.82. The van der Waals surface area contributed by atoms with Gasteiger partial charge in [-0.2, -0.15) is 0 Å². The Labute approximate surface area is 82.2 Å². The van der Waals surface area contributed by atoms with Crippen molar-refractivity contribution < 1.29 is 14.7 Å². The van der Waals surface area contributed by atoms with E-state index in [1.807, 2.05) is 6.08 Å². The maximum absolute atomic E-state index is 11.7. The smallest absolute Gasteiger partial charge is 0.330 e. The molecule has 0 radical (unpaired) electrons. The number of carboxylic acids is 1. The Morgan fingerprint density at radius 2 is 2.14 bits per heavy atom. The van der Waals surface area contributed by atoms with E-state index >= 15 is 0 Å². The quantitative estimate of drug-likeness (QED) is 0.658. The van der Waals surface area contributed by atoms with Gasteiger partial charge in [0.2, 0.25) is 5.91 Å². The van der Waals surface area contributed by atoms with E-state index in [2.05, 4.69) is 0 Å². The number of aliphatic carboxylic acids is 1. The summed E-state index contributed by atoms with van der Waals surface area (Å²) in [6.07, 6.45) is 3.65. The van der Waals surface area contributed by atoms with Crippen molar-refractivity contribution in [2.24, 2.45) is 5.92 Å². The fourth-order valence-corrected chi connectivity index (χ4v) is 1.82. The zero-order valence-corrected chi connectivity index (χ0v) is 8.06. The summed E-state index contributed by atoms with van der Waals surface area (Å²) in [6.45, 7) is 2.22. The summed E-state index contributed by atoms with van der Waals surface area (Å²) in [5.74, 6) is -0.827. The zero-order chi connectivity index (χ0) is 10.3. The fraction of sp³-hybridized carbons (Fsp3) is 0.600. The highest BCUT2D eigenvalue weighted by atomic mass is 16.4. The normalized spacial score (nSPS) is 26.2. The first-order valence-corrected chi connectivity index (χ1v) is 4.81. The number of amides is 1. The molecule has 0 bridgehead atoms. The average Bonchev–Trinajstić information content (AvgIpc) is 2.88. The molecule has 1 unspecified atom stereocenters. The van der Waals surface area contributed by atoms with Crippen molar-refractivity contribution in [1.29, 1.82) is 0 Å². The average molecular weight is 195 g/mol. The maximum atomic E-state index is 11.7. The van der Waals surface area contributed by atoms with E-state index in [1.165, 1.54) is 4.90 Å². The number of hydrogen-bond acceptors (Lipinski definition) is 2. The third kappa shape index (κ3) is 1.41. The van der Waals surface area contributed by atoms with Crippen LogP contribution >= 0.6 is 0 Å². The molecule has 0 saturated heterocycles. The molecule has 1 aliphatic heterocycles. The van der Waals surface area contributed by atoms with Gasteiger partial charge < -0.3 is 10.0 Å². The summed E-state index contributed by atoms with van der Waals surface area (Å²) in [5, 5.41) is 8.97. The van der Waals surface area contributed by atoms with Gasteiger partial charge in [0, 0.05) is 12.5 Å². The summed E-state index contributed by atoms with van der Waals surface area (Å²) in [4.78, 5) is 24.1. The number of rotatable bonds is 2. The molecule has 1 amide bonds. The number of nitrogens with zero attached hydrogens (tertiary/aromatic N) is 1. The highest BCUT2D eigenvalue weighted by Gasteiger charge is 2.40. The third-order valence-electron chi connectivity index (χ3n) is 2.80. The lowest BCUT2D eigenvalue weighted by atomic mass is 10.1. The Morgan fingerprint density at radius 1 is 1.50 bits per heavy atom. The highest BCUT2D eigenvalue weighted by molar-refractivity contribution is 5.89. The minimum absolute atomic E-state index is 0.00509. The van der Waals surface area contributed by atoms with Crippen molar-refractivity contribution in [3.05, 3.63) is 11.6 Å². The van der Waals surface area contributed by atoms with E-state index in [-0.39, 0.29) is 11.8 Å². The number of carbonyl (C=O) groups excluding carboxylic acids is 1. The van der Waals surface area contributed by atoms with E-state index < -0.39 is 12.0 Å². The predicted molar refractivity (Wildman–Crippen MR) is 49.6 cm³/mol. The molecule has 1 heterocycles. The van der Waals surface area contributed by atoms with E-state index in [0.717, 1.165) is 18.4 Å². The van der Waals surface area contributed by atoms with Gasteiger partial charge in [0.25, 0.3) is 0 Å². The second-order valence-electron chi connectivity index (χ2n) is 3.95. The number of carboxylic acid groups (broad SMARTS) is 1. The molecule has 76 valence electrons. The summed E-state index contributed by atoms with van der Waals surface area (Å²) >= 11 is 0. The van der Waals surface area contributed by atoms with Crippen LogP contribution < -0.4 is 0 Å². The Bertz CT molecular complexity index is 317. The minimum Gasteiger partial charge on any atom is -0.479 e. The zero-order valence-electron chi connectivity index (χ0n) is 8.06. The van der Waals surface area contributed by atoms with Crippen molar-refractivity contribution in [2.45, 2.75) is 25.8 Å². The van der Waals surface area contributed by atoms with Gasteiger partial charge in [0.1, 0.15) is 0 Å². The Balaban J connectivity index is 2.13. The van der Waals surface area contributed by atoms with Gasteiger partial charge >= 0.3 is 5.97 Å². The van der Waals surface area contributed by atoms with Crippen molar-refractivity contribution >= 4 is 11.9 Å². The second-order valence-corrected chi connectivity index (χ2v) is 3.95. The lowest BCUT2D eigenvalue weighted by molar-refractivity contribution is -0.147. The third-order valence-corrected chi connectivity index (χ3v) is 2.80. The molecule has 4 heteroatoms. The Morgan fingerprint density at radius 3 is 2.64 bits per heavy atom. The van der Waals surface area contributed by atoms with Crippen LogP contribution in [0, 0.1) is 5.92 Å². The monoisotopic (exact) mass is 195 g/mol. The standard InChI is InChI=1S/C10H13NO3/c1-6-4-5-11(8(6)10(13)14)9(12)7-2-3-7/h4,7-8H,2-3,5H2,1H3,(H,13,14). The summed E-state index contributed by atoms with van der Waals surface area (Å²) in [5.41, 5.74) is 0.770. The first kappa shape index (κ1) is 9.24. The van der Waals surface area contributed by atoms with E-state index in [1.54, 1.807) is 6.92 Å². The molecule has 0 aromatic rings. The van der Waals surface area contributed by atoms with E-state index in [9.17, 15) is 9.59 Å². The molecule has 0 spiro atoms. The van der Waals surface area contributed by atoms with Crippen LogP contribution in [-0.4, -0.2) is 34.5 Å². The van der Waals surface area contributed by atoms with Crippen LogP contribution in [0.5, 0.6) is 0 Å². The molecular formula is C10H13NO3. The molecule has 14 heavy (non-hydrogen) atoms. The van der Waals surface area contributed by atoms with E-state index in [4.69, 9.17) is 5.11 Å². The molecular weight excluding hydrogens is 182 g/mol. The first-order chi connectivity index (χ1) is 6.61. The highest BCUT2D eigenvalue weighted by Crippen LogP contribution is 2.33. The lowest BCUT2D eigenvalue weighted by Gasteiger charge is -2.22. The molecule has 1 N–H and O–H groups in total. The van der Waals surface area contributed by atoms with E-state index in [0.29, 0.717) is 6.54 Å². The largest absolute Gasteiger partial charge is 0.479 e. The molecule has 2 rings (SSSR count). The van der Waals surface area contributed by atoms with Gasteiger partial charge in [-0.15, -0.1) is 0 Å². The van der Waals surface area contributed by atoms with Gasteiger partial charge in [0.15, 0.2) is 6.04 Å². The molecule has 0 aromatic carbocycles. The molecule has 2 aliphatic rings. The summed E-state index contributed by atoms with van der Waals surface area (Å²) in [7, 11) is 0. The predicted octanol–water partition coefficient (Wildman–Crippen LogP) is 0.638. The van der Waals surface area contributed by atoms with Crippen molar-refractivity contribution in [3.63, 3.8) is 0 Å². The van der Waals surface area contributed by atoms with Crippen molar-refractivity contribution in [2.75, 3.05) is 6.54 Å². The number of carbonyl (C=O) groups is 2. The SMILES string of the molecule is CC1=CCN(C(=O)C2CC2)C1C(=O)O. The first-order valence-electron chi connectivity index (χ1n) is 4.81. The lowest BCUT2D eigenvalue weighted by Crippen LogP contribution is -2.42. The molecule has 4 nitrogen and oxygen atoms in total. The van der Waals surface area contributed by atoms with Crippen molar-refractivity contribution in [3.8, 4) is 0 Å². The molecule has 1 fully saturated rings. The van der Waals surface area contributed by atoms with Gasteiger partial charge in [-0.25, -0.2) is 4.79 Å². The molecule has 1 saturated carbocycles. The van der Waals surface area contributed by atoms with Gasteiger partial charge in [-0.05, 0) is 25.3 Å². The van der Waals surface area contributed by atoms with Crippen LogP contribution in [0.3, 0.4) is 0 Å².